The first kappa shape index (κ1) is 9.53. The van der Waals surface area contributed by atoms with Gasteiger partial charge in [0.15, 0.2) is 0 Å². The number of rotatable bonds is 2. The molecule has 2 saturated heterocycles. The number of carboxylic acids is 1. The second-order valence-corrected chi connectivity index (χ2v) is 4.43. The Morgan fingerprint density at radius 3 is 2.44 bits per heavy atom. The van der Waals surface area contributed by atoms with E-state index in [0.29, 0.717) is 11.4 Å². The summed E-state index contributed by atoms with van der Waals surface area (Å²) < 4.78 is 5.17. The lowest BCUT2D eigenvalue weighted by molar-refractivity contribution is -0.127. The molecule has 0 amide bonds. The molecular weight excluding hydrogens is 210 g/mol. The Balaban J connectivity index is 1.69. The van der Waals surface area contributed by atoms with Gasteiger partial charge < -0.3 is 14.7 Å². The molecule has 0 radical (unpaired) electrons. The van der Waals surface area contributed by atoms with E-state index in [1.165, 1.54) is 12.4 Å². The number of carbonyl (C=O) groups is 1. The minimum absolute atomic E-state index is 0.117. The zero-order valence-electron chi connectivity index (χ0n) is 8.59. The normalized spacial score (nSPS) is 21.4. The van der Waals surface area contributed by atoms with Gasteiger partial charge in [0.1, 0.15) is 0 Å². The van der Waals surface area contributed by atoms with Crippen molar-refractivity contribution in [2.75, 3.05) is 31.2 Å². The predicted molar refractivity (Wildman–Crippen MR) is 54.5 cm³/mol. The number of carboxylic acid groups (broad SMARTS) is 1. The number of anilines is 1. The molecule has 3 rings (SSSR count). The standard InChI is InChI=1S/C10H11N3O3/c14-8(15)7-1-11-9(12-2-7)13-3-10(4-13)5-16-6-10/h1-2H,3-6H2,(H,14,15). The van der Waals surface area contributed by atoms with Gasteiger partial charge in [-0.1, -0.05) is 0 Å². The Hall–Kier alpha value is -1.69. The van der Waals surface area contributed by atoms with Gasteiger partial charge in [0, 0.05) is 25.5 Å². The number of ether oxygens (including phenoxy) is 1. The number of aromatic carboxylic acids is 1. The highest BCUT2D eigenvalue weighted by Crippen LogP contribution is 2.38. The highest BCUT2D eigenvalue weighted by atomic mass is 16.5. The zero-order valence-corrected chi connectivity index (χ0v) is 8.59. The minimum Gasteiger partial charge on any atom is -0.478 e. The Labute approximate surface area is 91.9 Å². The topological polar surface area (TPSA) is 75.5 Å². The molecular formula is C10H11N3O3. The maximum absolute atomic E-state index is 10.6. The average Bonchev–Trinajstić information content (AvgIpc) is 2.14. The fourth-order valence-corrected chi connectivity index (χ4v) is 2.07. The van der Waals surface area contributed by atoms with Crippen LogP contribution in [-0.4, -0.2) is 47.3 Å². The molecule has 0 atom stereocenters. The summed E-state index contributed by atoms with van der Waals surface area (Å²) in [6.07, 6.45) is 2.68. The molecule has 0 unspecified atom stereocenters. The quantitative estimate of drug-likeness (QED) is 0.758. The molecule has 0 saturated carbocycles. The summed E-state index contributed by atoms with van der Waals surface area (Å²) in [5.41, 5.74) is 0.431. The van der Waals surface area contributed by atoms with Crippen LogP contribution in [0.5, 0.6) is 0 Å². The van der Waals surface area contributed by atoms with Gasteiger partial charge >= 0.3 is 5.97 Å². The van der Waals surface area contributed by atoms with E-state index >= 15 is 0 Å². The van der Waals surface area contributed by atoms with E-state index in [4.69, 9.17) is 9.84 Å². The Morgan fingerprint density at radius 2 is 2.00 bits per heavy atom. The van der Waals surface area contributed by atoms with Crippen LogP contribution in [0.15, 0.2) is 12.4 Å². The van der Waals surface area contributed by atoms with E-state index in [0.717, 1.165) is 26.3 Å². The van der Waals surface area contributed by atoms with Crippen molar-refractivity contribution in [3.8, 4) is 0 Å². The van der Waals surface area contributed by atoms with Gasteiger partial charge in [-0.05, 0) is 0 Å². The molecule has 1 aromatic rings. The molecule has 84 valence electrons. The summed E-state index contributed by atoms with van der Waals surface area (Å²) in [5, 5.41) is 8.71. The highest BCUT2D eigenvalue weighted by Gasteiger charge is 2.49. The van der Waals surface area contributed by atoms with Crippen molar-refractivity contribution in [3.05, 3.63) is 18.0 Å². The van der Waals surface area contributed by atoms with E-state index in [1.807, 2.05) is 4.90 Å². The lowest BCUT2D eigenvalue weighted by atomic mass is 9.78. The zero-order chi connectivity index (χ0) is 11.2. The number of hydrogen-bond acceptors (Lipinski definition) is 5. The van der Waals surface area contributed by atoms with Crippen LogP contribution in [0.1, 0.15) is 10.4 Å². The fraction of sp³-hybridized carbons (Fsp3) is 0.500. The van der Waals surface area contributed by atoms with Crippen molar-refractivity contribution in [2.45, 2.75) is 0 Å². The van der Waals surface area contributed by atoms with Gasteiger partial charge in [0.25, 0.3) is 0 Å². The van der Waals surface area contributed by atoms with Crippen LogP contribution in [0, 0.1) is 5.41 Å². The van der Waals surface area contributed by atoms with E-state index < -0.39 is 5.97 Å². The summed E-state index contributed by atoms with van der Waals surface area (Å²) in [6.45, 7) is 3.44. The monoisotopic (exact) mass is 221 g/mol. The van der Waals surface area contributed by atoms with Crippen molar-refractivity contribution in [1.29, 1.82) is 0 Å². The number of nitrogens with zero attached hydrogens (tertiary/aromatic N) is 3. The maximum atomic E-state index is 10.6. The highest BCUT2D eigenvalue weighted by molar-refractivity contribution is 5.86. The first-order valence-electron chi connectivity index (χ1n) is 5.07. The smallest absolute Gasteiger partial charge is 0.338 e. The van der Waals surface area contributed by atoms with Crippen LogP contribution in [0.3, 0.4) is 0 Å². The molecule has 1 aromatic heterocycles. The molecule has 0 aliphatic carbocycles. The van der Waals surface area contributed by atoms with Crippen LogP contribution in [0.25, 0.3) is 0 Å². The van der Waals surface area contributed by atoms with Crippen molar-refractivity contribution in [2.24, 2.45) is 5.41 Å². The van der Waals surface area contributed by atoms with Gasteiger partial charge in [0.05, 0.1) is 24.2 Å². The molecule has 16 heavy (non-hydrogen) atoms. The summed E-state index contributed by atoms with van der Waals surface area (Å²) in [4.78, 5) is 20.7. The summed E-state index contributed by atoms with van der Waals surface area (Å²) >= 11 is 0. The first-order valence-corrected chi connectivity index (χ1v) is 5.07. The molecule has 0 bridgehead atoms. The van der Waals surface area contributed by atoms with Gasteiger partial charge in [-0.25, -0.2) is 14.8 Å². The van der Waals surface area contributed by atoms with Crippen molar-refractivity contribution in [1.82, 2.24) is 9.97 Å². The van der Waals surface area contributed by atoms with Crippen LogP contribution in [0.2, 0.25) is 0 Å². The first-order chi connectivity index (χ1) is 7.69. The second-order valence-electron chi connectivity index (χ2n) is 4.43. The molecule has 6 nitrogen and oxygen atoms in total. The predicted octanol–water partition coefficient (Wildman–Crippen LogP) is 0.0114. The summed E-state index contributed by atoms with van der Waals surface area (Å²) in [7, 11) is 0. The Morgan fingerprint density at radius 1 is 1.38 bits per heavy atom. The van der Waals surface area contributed by atoms with Gasteiger partial charge in [-0.3, -0.25) is 0 Å². The lowest BCUT2D eigenvalue weighted by Gasteiger charge is -2.54. The van der Waals surface area contributed by atoms with Crippen molar-refractivity contribution in [3.63, 3.8) is 0 Å². The van der Waals surface area contributed by atoms with E-state index in [9.17, 15) is 4.79 Å². The van der Waals surface area contributed by atoms with E-state index in [1.54, 1.807) is 0 Å². The minimum atomic E-state index is -1.00. The summed E-state index contributed by atoms with van der Waals surface area (Å²) in [6, 6.07) is 0. The van der Waals surface area contributed by atoms with Crippen LogP contribution in [-0.2, 0) is 4.74 Å². The average molecular weight is 221 g/mol. The van der Waals surface area contributed by atoms with E-state index in [2.05, 4.69) is 9.97 Å². The van der Waals surface area contributed by atoms with Crippen LogP contribution >= 0.6 is 0 Å². The molecule has 2 aliphatic rings. The second kappa shape index (κ2) is 3.15. The Bertz CT molecular complexity index is 419. The van der Waals surface area contributed by atoms with Gasteiger partial charge in [-0.2, -0.15) is 0 Å². The lowest BCUT2D eigenvalue weighted by Crippen LogP contribution is -2.66. The third-order valence-electron chi connectivity index (χ3n) is 3.04. The third kappa shape index (κ3) is 1.34. The van der Waals surface area contributed by atoms with E-state index in [-0.39, 0.29) is 5.56 Å². The molecule has 1 N–H and O–H groups in total. The number of hydrogen-bond donors (Lipinski definition) is 1. The summed E-state index contributed by atoms with van der Waals surface area (Å²) in [5.74, 6) is -0.401. The van der Waals surface area contributed by atoms with Gasteiger partial charge in [-0.15, -0.1) is 0 Å². The fourth-order valence-electron chi connectivity index (χ4n) is 2.07. The molecule has 0 aromatic carbocycles. The van der Waals surface area contributed by atoms with Crippen molar-refractivity contribution >= 4 is 11.9 Å². The molecule has 3 heterocycles. The molecule has 6 heteroatoms. The Kier molecular flexibility index (Phi) is 1.88. The maximum Gasteiger partial charge on any atom is 0.338 e. The van der Waals surface area contributed by atoms with Crippen LogP contribution < -0.4 is 4.90 Å². The third-order valence-corrected chi connectivity index (χ3v) is 3.04. The van der Waals surface area contributed by atoms with Crippen LogP contribution in [0.4, 0.5) is 5.95 Å². The SMILES string of the molecule is O=C(O)c1cnc(N2CC3(COC3)C2)nc1. The van der Waals surface area contributed by atoms with Crippen molar-refractivity contribution < 1.29 is 14.6 Å². The van der Waals surface area contributed by atoms with Gasteiger partial charge in [0.2, 0.25) is 5.95 Å². The largest absolute Gasteiger partial charge is 0.478 e. The molecule has 1 spiro atoms. The molecule has 2 aliphatic heterocycles. The number of aromatic nitrogens is 2. The molecule has 2 fully saturated rings.